The van der Waals surface area contributed by atoms with Gasteiger partial charge in [0.05, 0.1) is 23.9 Å². The van der Waals surface area contributed by atoms with Crippen LogP contribution in [0.4, 0.5) is 18.9 Å². The number of alkyl halides is 3. The van der Waals surface area contributed by atoms with Crippen molar-refractivity contribution in [2.45, 2.75) is 38.4 Å². The molecule has 0 spiro atoms. The molecule has 0 bridgehead atoms. The first-order chi connectivity index (χ1) is 19.5. The van der Waals surface area contributed by atoms with Gasteiger partial charge in [-0.1, -0.05) is 6.92 Å². The third-order valence-corrected chi connectivity index (χ3v) is 6.68. The highest BCUT2D eigenvalue weighted by atomic mass is 19.4. The zero-order valence-corrected chi connectivity index (χ0v) is 22.4. The molecule has 220 valence electrons. The number of aliphatic hydroxyl groups is 1. The van der Waals surface area contributed by atoms with Gasteiger partial charge in [-0.3, -0.25) is 14.4 Å². The van der Waals surface area contributed by atoms with Crippen molar-refractivity contribution in [3.8, 4) is 11.5 Å². The molecule has 1 fully saturated rings. The van der Waals surface area contributed by atoms with E-state index in [1.165, 1.54) is 18.1 Å². The van der Waals surface area contributed by atoms with Crippen LogP contribution in [0.25, 0.3) is 11.0 Å². The van der Waals surface area contributed by atoms with Gasteiger partial charge in [-0.05, 0) is 49.6 Å². The number of carbonyl (C=O) groups is 3. The van der Waals surface area contributed by atoms with Crippen molar-refractivity contribution in [3.05, 3.63) is 47.3 Å². The molecule has 0 saturated carbocycles. The van der Waals surface area contributed by atoms with Crippen LogP contribution in [0.3, 0.4) is 0 Å². The maximum Gasteiger partial charge on any atom is 0.422 e. The molecule has 14 heteroatoms. The highest BCUT2D eigenvalue weighted by Gasteiger charge is 2.32. The van der Waals surface area contributed by atoms with Crippen LogP contribution in [0.2, 0.25) is 0 Å². The van der Waals surface area contributed by atoms with Crippen molar-refractivity contribution in [1.29, 1.82) is 0 Å². The second-order valence-electron chi connectivity index (χ2n) is 9.43. The van der Waals surface area contributed by atoms with Crippen LogP contribution in [0.1, 0.15) is 46.3 Å². The number of likely N-dealkylation sites (tertiary alicyclic amines) is 1. The third-order valence-electron chi connectivity index (χ3n) is 6.68. The lowest BCUT2D eigenvalue weighted by molar-refractivity contribution is -0.153. The predicted molar refractivity (Wildman–Crippen MR) is 142 cm³/mol. The summed E-state index contributed by atoms with van der Waals surface area (Å²) in [5.74, 6) is -1.37. The first kappa shape index (κ1) is 29.6. The van der Waals surface area contributed by atoms with Crippen molar-refractivity contribution in [2.75, 3.05) is 38.7 Å². The Morgan fingerprint density at radius 1 is 1.15 bits per heavy atom. The van der Waals surface area contributed by atoms with Crippen LogP contribution in [0.15, 0.2) is 30.3 Å². The van der Waals surface area contributed by atoms with Crippen molar-refractivity contribution >= 4 is 34.4 Å². The molecule has 1 saturated heterocycles. The van der Waals surface area contributed by atoms with E-state index in [1.807, 2.05) is 0 Å². The number of anilines is 1. The second-order valence-corrected chi connectivity index (χ2v) is 9.43. The first-order valence-corrected chi connectivity index (χ1v) is 12.9. The normalized spacial score (nSPS) is 14.1. The summed E-state index contributed by atoms with van der Waals surface area (Å²) in [5.41, 5.74) is 0.893. The van der Waals surface area contributed by atoms with Gasteiger partial charge in [-0.2, -0.15) is 13.2 Å². The molecule has 3 heterocycles. The van der Waals surface area contributed by atoms with E-state index in [2.05, 4.69) is 20.6 Å². The number of ether oxygens (including phenoxy) is 2. The zero-order valence-electron chi connectivity index (χ0n) is 22.4. The number of aliphatic hydroxyl groups excluding tert-OH is 1. The summed E-state index contributed by atoms with van der Waals surface area (Å²) in [6, 6.07) is 7.43. The van der Waals surface area contributed by atoms with E-state index in [9.17, 15) is 27.6 Å². The van der Waals surface area contributed by atoms with Crippen LogP contribution < -0.4 is 20.1 Å². The van der Waals surface area contributed by atoms with Gasteiger partial charge >= 0.3 is 6.18 Å². The summed E-state index contributed by atoms with van der Waals surface area (Å²) in [7, 11) is 1.50. The van der Waals surface area contributed by atoms with Gasteiger partial charge < -0.3 is 35.1 Å². The number of aromatic nitrogens is 2. The fourth-order valence-corrected chi connectivity index (χ4v) is 4.54. The SMILES string of the molecule is CCc1nc2[nH]c(C(=O)NC3CCN(C(=O)CO)CC3)c(OCC(F)(F)F)c2cc1NC(=O)c1ccc(OC)cc1. The Balaban J connectivity index is 1.63. The molecule has 2 aromatic heterocycles. The summed E-state index contributed by atoms with van der Waals surface area (Å²) >= 11 is 0. The maximum absolute atomic E-state index is 13.2. The number of fused-ring (bicyclic) bond motifs is 1. The van der Waals surface area contributed by atoms with Crippen molar-refractivity contribution in [1.82, 2.24) is 20.2 Å². The molecule has 0 atom stereocenters. The highest BCUT2D eigenvalue weighted by Crippen LogP contribution is 2.34. The lowest BCUT2D eigenvalue weighted by atomic mass is 10.0. The molecule has 0 aliphatic carbocycles. The molecule has 1 aliphatic rings. The van der Waals surface area contributed by atoms with Crippen molar-refractivity contribution in [2.24, 2.45) is 0 Å². The monoisotopic (exact) mass is 577 g/mol. The van der Waals surface area contributed by atoms with E-state index in [4.69, 9.17) is 14.6 Å². The van der Waals surface area contributed by atoms with Gasteiger partial charge in [0.25, 0.3) is 11.8 Å². The smallest absolute Gasteiger partial charge is 0.422 e. The highest BCUT2D eigenvalue weighted by molar-refractivity contribution is 6.07. The van der Waals surface area contributed by atoms with Gasteiger partial charge in [0, 0.05) is 24.7 Å². The number of nitrogens with one attached hydrogen (secondary N) is 3. The molecular formula is C27H30F3N5O6. The maximum atomic E-state index is 13.2. The number of H-pyrrole nitrogens is 1. The number of hydrogen-bond acceptors (Lipinski definition) is 7. The fraction of sp³-hybridized carbons (Fsp3) is 0.407. The van der Waals surface area contributed by atoms with E-state index in [-0.39, 0.29) is 34.2 Å². The molecule has 1 aromatic carbocycles. The Hall–Kier alpha value is -4.33. The van der Waals surface area contributed by atoms with E-state index >= 15 is 0 Å². The van der Waals surface area contributed by atoms with Crippen LogP contribution in [-0.4, -0.2) is 83.3 Å². The third kappa shape index (κ3) is 7.06. The summed E-state index contributed by atoms with van der Waals surface area (Å²) in [5, 5.41) is 14.7. The molecule has 41 heavy (non-hydrogen) atoms. The number of aromatic amines is 1. The minimum absolute atomic E-state index is 0.0880. The molecule has 0 unspecified atom stereocenters. The Morgan fingerprint density at radius 3 is 2.41 bits per heavy atom. The number of nitrogens with zero attached hydrogens (tertiary/aromatic N) is 2. The number of piperidine rings is 1. The topological polar surface area (TPSA) is 146 Å². The van der Waals surface area contributed by atoms with Gasteiger partial charge in [0.1, 0.15) is 23.7 Å². The molecule has 3 aromatic rings. The molecule has 0 radical (unpaired) electrons. The minimum atomic E-state index is -4.67. The average molecular weight is 578 g/mol. The minimum Gasteiger partial charge on any atom is -0.497 e. The summed E-state index contributed by atoms with van der Waals surface area (Å²) < 4.78 is 49.6. The number of halogens is 3. The Morgan fingerprint density at radius 2 is 1.83 bits per heavy atom. The number of hydrogen-bond donors (Lipinski definition) is 4. The number of amides is 3. The molecular weight excluding hydrogens is 547 g/mol. The molecule has 4 N–H and O–H groups in total. The van der Waals surface area contributed by atoms with Gasteiger partial charge in [0.15, 0.2) is 12.4 Å². The quantitative estimate of drug-likeness (QED) is 0.306. The van der Waals surface area contributed by atoms with Crippen molar-refractivity contribution in [3.63, 3.8) is 0 Å². The Kier molecular flexibility index (Phi) is 9.01. The van der Waals surface area contributed by atoms with Crippen molar-refractivity contribution < 1.29 is 42.1 Å². The number of methoxy groups -OCH3 is 1. The van der Waals surface area contributed by atoms with Crippen LogP contribution >= 0.6 is 0 Å². The number of aryl methyl sites for hydroxylation is 1. The van der Waals surface area contributed by atoms with E-state index in [0.29, 0.717) is 49.4 Å². The standard InChI is InChI=1S/C27H30F3N5O6/c1-3-19-20(33-25(38)15-4-6-17(40-2)7-5-15)12-18-23(41-14-27(28,29)30)22(34-24(18)32-19)26(39)31-16-8-10-35(11-9-16)21(37)13-36/h4-7,12,16,36H,3,8-11,13-14H2,1-2H3,(H,31,39)(H,32,34)(H,33,38). The van der Waals surface area contributed by atoms with Gasteiger partial charge in [-0.25, -0.2) is 4.98 Å². The van der Waals surface area contributed by atoms with Crippen LogP contribution in [0, 0.1) is 0 Å². The van der Waals surface area contributed by atoms with E-state index < -0.39 is 37.1 Å². The second kappa shape index (κ2) is 12.5. The summed E-state index contributed by atoms with van der Waals surface area (Å²) in [6.45, 7) is 0.162. The number of pyridine rings is 1. The Bertz CT molecular complexity index is 1420. The summed E-state index contributed by atoms with van der Waals surface area (Å²) in [6.07, 6.45) is -3.50. The van der Waals surface area contributed by atoms with E-state index in [1.54, 1.807) is 31.2 Å². The number of carbonyl (C=O) groups excluding carboxylic acids is 3. The molecule has 4 rings (SSSR count). The molecule has 11 nitrogen and oxygen atoms in total. The zero-order chi connectivity index (χ0) is 29.7. The number of benzene rings is 1. The van der Waals surface area contributed by atoms with Crippen LogP contribution in [0.5, 0.6) is 11.5 Å². The Labute approximate surface area is 233 Å². The lowest BCUT2D eigenvalue weighted by Gasteiger charge is -2.32. The predicted octanol–water partition coefficient (Wildman–Crippen LogP) is 3.04. The lowest BCUT2D eigenvalue weighted by Crippen LogP contribution is -2.47. The summed E-state index contributed by atoms with van der Waals surface area (Å²) in [4.78, 5) is 46.6. The van der Waals surface area contributed by atoms with Gasteiger partial charge in [0.2, 0.25) is 5.91 Å². The molecule has 3 amide bonds. The molecule has 1 aliphatic heterocycles. The average Bonchev–Trinajstić information content (AvgIpc) is 3.32. The largest absolute Gasteiger partial charge is 0.497 e. The fourth-order valence-electron chi connectivity index (χ4n) is 4.54. The van der Waals surface area contributed by atoms with Gasteiger partial charge in [-0.15, -0.1) is 0 Å². The van der Waals surface area contributed by atoms with Crippen LogP contribution in [-0.2, 0) is 11.2 Å². The number of rotatable bonds is 9. The van der Waals surface area contributed by atoms with E-state index in [0.717, 1.165) is 0 Å². The first-order valence-electron chi connectivity index (χ1n) is 12.9.